The third kappa shape index (κ3) is 5.34. The standard InChI is InChI=1S/C21H25NO4/c1-5-12-25-18-9-7-17(8-10-18)21(24)26-16(4)20(23)22-19-11-6-14(2)13-15(19)3/h6-11,13,16H,5,12H2,1-4H3,(H,22,23)/t16-/m1/s1. The molecule has 0 unspecified atom stereocenters. The first kappa shape index (κ1) is 19.5. The molecule has 0 heterocycles. The van der Waals surface area contributed by atoms with Gasteiger partial charge in [0.25, 0.3) is 5.91 Å². The second kappa shape index (κ2) is 9.04. The molecule has 2 aromatic rings. The minimum atomic E-state index is -0.903. The van der Waals surface area contributed by atoms with Crippen molar-refractivity contribution in [2.75, 3.05) is 11.9 Å². The van der Waals surface area contributed by atoms with Gasteiger partial charge in [0, 0.05) is 5.69 Å². The van der Waals surface area contributed by atoms with Crippen molar-refractivity contribution in [3.63, 3.8) is 0 Å². The zero-order chi connectivity index (χ0) is 19.1. The van der Waals surface area contributed by atoms with E-state index < -0.39 is 12.1 Å². The molecule has 1 amide bonds. The van der Waals surface area contributed by atoms with Crippen LogP contribution in [0, 0.1) is 13.8 Å². The van der Waals surface area contributed by atoms with Gasteiger partial charge < -0.3 is 14.8 Å². The molecule has 138 valence electrons. The van der Waals surface area contributed by atoms with Crippen LogP contribution in [0.1, 0.15) is 41.8 Å². The lowest BCUT2D eigenvalue weighted by Crippen LogP contribution is -2.30. The Hall–Kier alpha value is -2.82. The first-order valence-electron chi connectivity index (χ1n) is 8.72. The van der Waals surface area contributed by atoms with Crippen molar-refractivity contribution in [3.05, 3.63) is 59.2 Å². The highest BCUT2D eigenvalue weighted by atomic mass is 16.5. The molecule has 0 radical (unpaired) electrons. The van der Waals surface area contributed by atoms with Crippen molar-refractivity contribution in [3.8, 4) is 5.75 Å². The molecule has 5 heteroatoms. The van der Waals surface area contributed by atoms with Crippen molar-refractivity contribution in [1.82, 2.24) is 0 Å². The average molecular weight is 355 g/mol. The molecule has 0 spiro atoms. The molecule has 2 rings (SSSR count). The molecule has 5 nitrogen and oxygen atoms in total. The van der Waals surface area contributed by atoms with Gasteiger partial charge >= 0.3 is 5.97 Å². The smallest absolute Gasteiger partial charge is 0.338 e. The Bertz CT molecular complexity index is 768. The van der Waals surface area contributed by atoms with Crippen LogP contribution >= 0.6 is 0 Å². The Morgan fingerprint density at radius 1 is 1.08 bits per heavy atom. The Kier molecular flexibility index (Phi) is 6.78. The minimum Gasteiger partial charge on any atom is -0.494 e. The maximum atomic E-state index is 12.3. The molecule has 0 aliphatic rings. The highest BCUT2D eigenvalue weighted by Crippen LogP contribution is 2.17. The number of esters is 1. The molecule has 0 aliphatic heterocycles. The Balaban J connectivity index is 1.94. The van der Waals surface area contributed by atoms with E-state index in [0.717, 1.165) is 17.5 Å². The molecule has 0 aliphatic carbocycles. The average Bonchev–Trinajstić information content (AvgIpc) is 2.62. The number of benzene rings is 2. The van der Waals surface area contributed by atoms with E-state index in [4.69, 9.17) is 9.47 Å². The van der Waals surface area contributed by atoms with Crippen molar-refractivity contribution in [2.24, 2.45) is 0 Å². The van der Waals surface area contributed by atoms with Crippen LogP contribution in [-0.2, 0) is 9.53 Å². The first-order valence-corrected chi connectivity index (χ1v) is 8.72. The van der Waals surface area contributed by atoms with Crippen LogP contribution in [0.3, 0.4) is 0 Å². The number of nitrogens with one attached hydrogen (secondary N) is 1. The van der Waals surface area contributed by atoms with Gasteiger partial charge in [0.2, 0.25) is 0 Å². The maximum absolute atomic E-state index is 12.3. The molecule has 1 atom stereocenters. The zero-order valence-corrected chi connectivity index (χ0v) is 15.7. The van der Waals surface area contributed by atoms with Gasteiger partial charge in [-0.3, -0.25) is 4.79 Å². The van der Waals surface area contributed by atoms with E-state index in [0.29, 0.717) is 23.6 Å². The molecular formula is C21H25NO4. The number of amides is 1. The van der Waals surface area contributed by atoms with Gasteiger partial charge in [0.05, 0.1) is 12.2 Å². The van der Waals surface area contributed by atoms with Crippen LogP contribution < -0.4 is 10.1 Å². The van der Waals surface area contributed by atoms with E-state index in [1.54, 1.807) is 31.2 Å². The summed E-state index contributed by atoms with van der Waals surface area (Å²) in [6.07, 6.45) is 0.0101. The molecule has 26 heavy (non-hydrogen) atoms. The van der Waals surface area contributed by atoms with Gasteiger partial charge in [-0.25, -0.2) is 4.79 Å². The van der Waals surface area contributed by atoms with Gasteiger partial charge in [-0.1, -0.05) is 24.6 Å². The summed E-state index contributed by atoms with van der Waals surface area (Å²) in [4.78, 5) is 24.5. The van der Waals surface area contributed by atoms with E-state index in [2.05, 4.69) is 5.32 Å². The fourth-order valence-electron chi connectivity index (χ4n) is 2.38. The highest BCUT2D eigenvalue weighted by molar-refractivity contribution is 5.97. The van der Waals surface area contributed by atoms with Crippen LogP contribution in [0.5, 0.6) is 5.75 Å². The monoisotopic (exact) mass is 355 g/mol. The van der Waals surface area contributed by atoms with Crippen molar-refractivity contribution < 1.29 is 19.1 Å². The van der Waals surface area contributed by atoms with Gasteiger partial charge in [0.15, 0.2) is 6.10 Å². The van der Waals surface area contributed by atoms with Crippen molar-refractivity contribution >= 4 is 17.6 Å². The lowest BCUT2D eigenvalue weighted by molar-refractivity contribution is -0.123. The first-order chi connectivity index (χ1) is 12.4. The number of hydrogen-bond acceptors (Lipinski definition) is 4. The quantitative estimate of drug-likeness (QED) is 0.753. The Morgan fingerprint density at radius 3 is 2.38 bits per heavy atom. The Morgan fingerprint density at radius 2 is 1.77 bits per heavy atom. The number of rotatable bonds is 7. The van der Waals surface area contributed by atoms with Crippen molar-refractivity contribution in [1.29, 1.82) is 0 Å². The van der Waals surface area contributed by atoms with Crippen LogP contribution in [0.2, 0.25) is 0 Å². The summed E-state index contributed by atoms with van der Waals surface area (Å²) in [6, 6.07) is 12.4. The minimum absolute atomic E-state index is 0.367. The zero-order valence-electron chi connectivity index (χ0n) is 15.7. The third-order valence-corrected chi connectivity index (χ3v) is 3.86. The molecule has 0 saturated heterocycles. The highest BCUT2D eigenvalue weighted by Gasteiger charge is 2.19. The van der Waals surface area contributed by atoms with E-state index in [1.165, 1.54) is 0 Å². The van der Waals surface area contributed by atoms with E-state index >= 15 is 0 Å². The lowest BCUT2D eigenvalue weighted by atomic mass is 10.1. The number of anilines is 1. The summed E-state index contributed by atoms with van der Waals surface area (Å²) in [7, 11) is 0. The summed E-state index contributed by atoms with van der Waals surface area (Å²) in [5, 5.41) is 2.79. The molecule has 0 fully saturated rings. The number of carbonyl (C=O) groups is 2. The van der Waals surface area contributed by atoms with Crippen molar-refractivity contribution in [2.45, 2.75) is 40.2 Å². The lowest BCUT2D eigenvalue weighted by Gasteiger charge is -2.15. The van der Waals surface area contributed by atoms with Gasteiger partial charge in [-0.15, -0.1) is 0 Å². The third-order valence-electron chi connectivity index (χ3n) is 3.86. The molecule has 1 N–H and O–H groups in total. The second-order valence-corrected chi connectivity index (χ2v) is 6.23. The molecule has 0 bridgehead atoms. The topological polar surface area (TPSA) is 64.6 Å². The second-order valence-electron chi connectivity index (χ2n) is 6.23. The summed E-state index contributed by atoms with van der Waals surface area (Å²) < 4.78 is 10.7. The predicted octanol–water partition coefficient (Wildman–Crippen LogP) is 4.28. The van der Waals surface area contributed by atoms with Crippen LogP contribution in [0.25, 0.3) is 0 Å². The van der Waals surface area contributed by atoms with Gasteiger partial charge in [-0.2, -0.15) is 0 Å². The summed E-state index contributed by atoms with van der Waals surface area (Å²) >= 11 is 0. The molecule has 0 aromatic heterocycles. The summed E-state index contributed by atoms with van der Waals surface area (Å²) in [6.45, 7) is 8.11. The number of ether oxygens (including phenoxy) is 2. The van der Waals surface area contributed by atoms with E-state index in [-0.39, 0.29) is 5.91 Å². The largest absolute Gasteiger partial charge is 0.494 e. The number of carbonyl (C=O) groups excluding carboxylic acids is 2. The SMILES string of the molecule is CCCOc1ccc(C(=O)O[C@H](C)C(=O)Nc2ccc(C)cc2C)cc1. The fourth-order valence-corrected chi connectivity index (χ4v) is 2.38. The van der Waals surface area contributed by atoms with E-state index in [9.17, 15) is 9.59 Å². The summed E-state index contributed by atoms with van der Waals surface area (Å²) in [5.74, 6) is -0.215. The number of hydrogen-bond donors (Lipinski definition) is 1. The molecular weight excluding hydrogens is 330 g/mol. The maximum Gasteiger partial charge on any atom is 0.338 e. The van der Waals surface area contributed by atoms with Crippen LogP contribution in [0.15, 0.2) is 42.5 Å². The van der Waals surface area contributed by atoms with Gasteiger partial charge in [-0.05, 0) is 63.1 Å². The predicted molar refractivity (Wildman–Crippen MR) is 102 cm³/mol. The molecule has 2 aromatic carbocycles. The Labute approximate surface area is 154 Å². The fraction of sp³-hybridized carbons (Fsp3) is 0.333. The van der Waals surface area contributed by atoms with E-state index in [1.807, 2.05) is 39.0 Å². The van der Waals surface area contributed by atoms with Crippen LogP contribution in [0.4, 0.5) is 5.69 Å². The summed E-state index contributed by atoms with van der Waals surface area (Å²) in [5.41, 5.74) is 3.16. The number of aryl methyl sites for hydroxylation is 2. The molecule has 0 saturated carbocycles. The van der Waals surface area contributed by atoms with Crippen LogP contribution in [-0.4, -0.2) is 24.6 Å². The van der Waals surface area contributed by atoms with Gasteiger partial charge in [0.1, 0.15) is 5.75 Å². The normalized spacial score (nSPS) is 11.5.